The second-order valence-corrected chi connectivity index (χ2v) is 5.77. The van der Waals surface area contributed by atoms with Gasteiger partial charge in [0.05, 0.1) is 16.9 Å². The molecule has 0 aliphatic heterocycles. The van der Waals surface area contributed by atoms with Crippen molar-refractivity contribution >= 4 is 17.3 Å². The maximum Gasteiger partial charge on any atom is 0.0718 e. The number of pyridine rings is 1. The summed E-state index contributed by atoms with van der Waals surface area (Å²) in [4.78, 5) is 4.13. The van der Waals surface area contributed by atoms with E-state index in [1.807, 2.05) is 12.3 Å². The van der Waals surface area contributed by atoms with Crippen molar-refractivity contribution < 1.29 is 0 Å². The number of nitrogens with one attached hydrogen (secondary N) is 1. The highest BCUT2D eigenvalue weighted by molar-refractivity contribution is 6.33. The normalized spacial score (nSPS) is 24.6. The minimum atomic E-state index is 0.563. The lowest BCUT2D eigenvalue weighted by Gasteiger charge is -2.18. The van der Waals surface area contributed by atoms with Crippen LogP contribution in [0, 0.1) is 5.92 Å². The molecule has 0 amide bonds. The third-order valence-corrected chi connectivity index (χ3v) is 4.24. The smallest absolute Gasteiger partial charge is 0.0718 e. The largest absolute Gasteiger partial charge is 0.380 e. The van der Waals surface area contributed by atoms with Gasteiger partial charge in [0.2, 0.25) is 0 Å². The Morgan fingerprint density at radius 2 is 2.22 bits per heavy atom. The monoisotopic (exact) mass is 266 g/mol. The van der Waals surface area contributed by atoms with Crippen molar-refractivity contribution in [3.8, 4) is 0 Å². The van der Waals surface area contributed by atoms with Gasteiger partial charge in [-0.05, 0) is 31.2 Å². The van der Waals surface area contributed by atoms with Gasteiger partial charge < -0.3 is 5.32 Å². The van der Waals surface area contributed by atoms with Gasteiger partial charge in [0.25, 0.3) is 0 Å². The lowest BCUT2D eigenvalue weighted by molar-refractivity contribution is 0.422. The van der Waals surface area contributed by atoms with Gasteiger partial charge in [-0.2, -0.15) is 0 Å². The van der Waals surface area contributed by atoms with Crippen LogP contribution < -0.4 is 5.32 Å². The Labute approximate surface area is 115 Å². The predicted molar refractivity (Wildman–Crippen MR) is 78.1 cm³/mol. The van der Waals surface area contributed by atoms with E-state index < -0.39 is 0 Å². The minimum Gasteiger partial charge on any atom is -0.380 e. The van der Waals surface area contributed by atoms with Crippen LogP contribution in [-0.2, 0) is 0 Å². The lowest BCUT2D eigenvalue weighted by atomic mass is 9.95. The Bertz CT molecular complexity index is 367. The first kappa shape index (κ1) is 13.7. The van der Waals surface area contributed by atoms with Gasteiger partial charge >= 0.3 is 0 Å². The molecule has 1 aliphatic rings. The molecule has 2 rings (SSSR count). The van der Waals surface area contributed by atoms with Gasteiger partial charge in [0, 0.05) is 12.2 Å². The molecule has 1 fully saturated rings. The summed E-state index contributed by atoms with van der Waals surface area (Å²) in [6.45, 7) is 2.29. The molecule has 0 radical (unpaired) electrons. The standard InChI is InChI=1S/C15H23ClN2/c1-2-4-12-5-3-6-13(8-7-12)18-15-11-17-10-9-14(15)16/h9-13,18H,2-8H2,1H3. The van der Waals surface area contributed by atoms with E-state index in [-0.39, 0.29) is 0 Å². The van der Waals surface area contributed by atoms with Crippen molar-refractivity contribution in [1.29, 1.82) is 0 Å². The Morgan fingerprint density at radius 3 is 3.00 bits per heavy atom. The van der Waals surface area contributed by atoms with Crippen LogP contribution >= 0.6 is 11.6 Å². The Kier molecular flexibility index (Phi) is 5.30. The summed E-state index contributed by atoms with van der Waals surface area (Å²) >= 11 is 6.16. The summed E-state index contributed by atoms with van der Waals surface area (Å²) in [6.07, 6.45) is 12.9. The molecule has 3 heteroatoms. The van der Waals surface area contributed by atoms with E-state index in [2.05, 4.69) is 17.2 Å². The van der Waals surface area contributed by atoms with Crippen LogP contribution in [0.3, 0.4) is 0 Å². The fourth-order valence-electron chi connectivity index (χ4n) is 2.92. The molecule has 1 aromatic rings. The fourth-order valence-corrected chi connectivity index (χ4v) is 3.08. The molecule has 18 heavy (non-hydrogen) atoms. The van der Waals surface area contributed by atoms with Gasteiger partial charge in [-0.1, -0.05) is 44.2 Å². The molecule has 0 aromatic carbocycles. The van der Waals surface area contributed by atoms with E-state index in [0.717, 1.165) is 16.6 Å². The molecule has 2 unspecified atom stereocenters. The third kappa shape index (κ3) is 3.88. The van der Waals surface area contributed by atoms with Crippen LogP contribution in [0.15, 0.2) is 18.5 Å². The molecule has 1 heterocycles. The van der Waals surface area contributed by atoms with Crippen molar-refractivity contribution in [3.63, 3.8) is 0 Å². The predicted octanol–water partition coefficient (Wildman–Crippen LogP) is 4.90. The minimum absolute atomic E-state index is 0.563. The van der Waals surface area contributed by atoms with Gasteiger partial charge in [-0.15, -0.1) is 0 Å². The second-order valence-electron chi connectivity index (χ2n) is 5.36. The van der Waals surface area contributed by atoms with Crippen molar-refractivity contribution in [2.45, 2.75) is 57.9 Å². The molecule has 2 atom stereocenters. The van der Waals surface area contributed by atoms with E-state index in [1.54, 1.807) is 6.20 Å². The zero-order valence-corrected chi connectivity index (χ0v) is 11.9. The summed E-state index contributed by atoms with van der Waals surface area (Å²) in [5.41, 5.74) is 0.984. The zero-order chi connectivity index (χ0) is 12.8. The fraction of sp³-hybridized carbons (Fsp3) is 0.667. The van der Waals surface area contributed by atoms with Crippen LogP contribution in [0.2, 0.25) is 5.02 Å². The number of aromatic nitrogens is 1. The van der Waals surface area contributed by atoms with Gasteiger partial charge in [-0.25, -0.2) is 0 Å². The summed E-state index contributed by atoms with van der Waals surface area (Å²) in [5.74, 6) is 0.936. The molecule has 1 aromatic heterocycles. The Balaban J connectivity index is 1.89. The molecule has 2 nitrogen and oxygen atoms in total. The number of halogens is 1. The first-order valence-electron chi connectivity index (χ1n) is 7.15. The average Bonchev–Trinajstić information content (AvgIpc) is 2.59. The lowest BCUT2D eigenvalue weighted by Crippen LogP contribution is -2.18. The van der Waals surface area contributed by atoms with Crippen LogP contribution in [0.25, 0.3) is 0 Å². The highest BCUT2D eigenvalue weighted by Crippen LogP contribution is 2.29. The summed E-state index contributed by atoms with van der Waals surface area (Å²) < 4.78 is 0. The summed E-state index contributed by atoms with van der Waals surface area (Å²) in [5, 5.41) is 4.33. The number of anilines is 1. The van der Waals surface area contributed by atoms with Crippen LogP contribution in [0.5, 0.6) is 0 Å². The summed E-state index contributed by atoms with van der Waals surface area (Å²) in [7, 11) is 0. The molecule has 1 aliphatic carbocycles. The molecule has 0 spiro atoms. The average molecular weight is 267 g/mol. The highest BCUT2D eigenvalue weighted by atomic mass is 35.5. The van der Waals surface area contributed by atoms with E-state index in [1.165, 1.54) is 44.9 Å². The number of nitrogens with zero attached hydrogens (tertiary/aromatic N) is 1. The van der Waals surface area contributed by atoms with Gasteiger partial charge in [-0.3, -0.25) is 4.98 Å². The van der Waals surface area contributed by atoms with Crippen LogP contribution in [0.4, 0.5) is 5.69 Å². The van der Waals surface area contributed by atoms with Crippen LogP contribution in [0.1, 0.15) is 51.9 Å². The van der Waals surface area contributed by atoms with Crippen molar-refractivity contribution in [2.75, 3.05) is 5.32 Å². The van der Waals surface area contributed by atoms with Gasteiger partial charge in [0.1, 0.15) is 0 Å². The van der Waals surface area contributed by atoms with E-state index in [9.17, 15) is 0 Å². The number of rotatable bonds is 4. The first-order valence-corrected chi connectivity index (χ1v) is 7.53. The topological polar surface area (TPSA) is 24.9 Å². The van der Waals surface area contributed by atoms with Gasteiger partial charge in [0.15, 0.2) is 0 Å². The van der Waals surface area contributed by atoms with Crippen molar-refractivity contribution in [3.05, 3.63) is 23.5 Å². The zero-order valence-electron chi connectivity index (χ0n) is 11.2. The van der Waals surface area contributed by atoms with Crippen molar-refractivity contribution in [1.82, 2.24) is 4.98 Å². The van der Waals surface area contributed by atoms with Crippen LogP contribution in [-0.4, -0.2) is 11.0 Å². The molecular formula is C15H23ClN2. The van der Waals surface area contributed by atoms with E-state index in [4.69, 9.17) is 11.6 Å². The maximum absolute atomic E-state index is 6.16. The van der Waals surface area contributed by atoms with E-state index >= 15 is 0 Å². The summed E-state index contributed by atoms with van der Waals surface area (Å²) in [6, 6.07) is 2.41. The molecule has 1 N–H and O–H groups in total. The van der Waals surface area contributed by atoms with E-state index in [0.29, 0.717) is 6.04 Å². The Hall–Kier alpha value is -0.760. The molecule has 0 saturated heterocycles. The SMILES string of the molecule is CCCC1CCCC(Nc2cnccc2Cl)CC1. The number of hydrogen-bond donors (Lipinski definition) is 1. The highest BCUT2D eigenvalue weighted by Gasteiger charge is 2.18. The third-order valence-electron chi connectivity index (χ3n) is 3.91. The maximum atomic E-state index is 6.16. The molecular weight excluding hydrogens is 244 g/mol. The molecule has 1 saturated carbocycles. The van der Waals surface area contributed by atoms with Crippen molar-refractivity contribution in [2.24, 2.45) is 5.92 Å². The first-order chi connectivity index (χ1) is 8.79. The quantitative estimate of drug-likeness (QED) is 0.785. The Morgan fingerprint density at radius 1 is 1.33 bits per heavy atom. The molecule has 0 bridgehead atoms. The second kappa shape index (κ2) is 6.98. The molecule has 100 valence electrons. The number of hydrogen-bond acceptors (Lipinski definition) is 2.